The van der Waals surface area contributed by atoms with Gasteiger partial charge < -0.3 is 25.1 Å². The Morgan fingerprint density at radius 1 is 1.34 bits per heavy atom. The molecule has 0 unspecified atom stereocenters. The van der Waals surface area contributed by atoms with E-state index in [2.05, 4.69) is 20.8 Å². The number of fused-ring (bicyclic) bond motifs is 1. The highest BCUT2D eigenvalue weighted by Crippen LogP contribution is 2.32. The number of aromatic carboxylic acids is 1. The van der Waals surface area contributed by atoms with Crippen molar-refractivity contribution >= 4 is 29.3 Å². The van der Waals surface area contributed by atoms with Crippen LogP contribution in [0, 0.1) is 12.3 Å². The number of carboxylic acids is 1. The second-order valence-electron chi connectivity index (χ2n) is 6.47. The number of aryl methyl sites for hydroxylation is 1. The van der Waals surface area contributed by atoms with E-state index in [0.29, 0.717) is 36.3 Å². The van der Waals surface area contributed by atoms with E-state index in [1.54, 1.807) is 6.92 Å². The van der Waals surface area contributed by atoms with E-state index in [9.17, 15) is 19.8 Å². The van der Waals surface area contributed by atoms with E-state index in [0.717, 1.165) is 16.6 Å². The highest BCUT2D eigenvalue weighted by atomic mass is 35.5. The Balaban J connectivity index is 0.00000300. The summed E-state index contributed by atoms with van der Waals surface area (Å²) in [7, 11) is 1.96. The van der Waals surface area contributed by atoms with E-state index in [1.807, 2.05) is 31.3 Å². The maximum atomic E-state index is 12.2. The Bertz CT molecular complexity index is 1170. The number of benzene rings is 1. The number of carbonyl (C=O) groups is 1. The summed E-state index contributed by atoms with van der Waals surface area (Å²) < 4.78 is 2.05. The SMILES string of the molecule is C#CCNCc1cc2cc(-c3[nH]c(=O)c(C(=O)O)c(O)c3CC)ccc2n1C.Cl. The van der Waals surface area contributed by atoms with Gasteiger partial charge in [-0.05, 0) is 30.2 Å². The first-order chi connectivity index (χ1) is 13.4. The average molecular weight is 416 g/mol. The van der Waals surface area contributed by atoms with Crippen LogP contribution < -0.4 is 10.9 Å². The predicted octanol–water partition coefficient (Wildman–Crippen LogP) is 2.64. The van der Waals surface area contributed by atoms with Crippen molar-refractivity contribution in [2.75, 3.05) is 6.54 Å². The molecule has 2 aromatic heterocycles. The molecule has 29 heavy (non-hydrogen) atoms. The van der Waals surface area contributed by atoms with Gasteiger partial charge in [-0.15, -0.1) is 18.8 Å². The minimum absolute atomic E-state index is 0. The van der Waals surface area contributed by atoms with Crippen LogP contribution in [0.2, 0.25) is 0 Å². The van der Waals surface area contributed by atoms with Crippen LogP contribution in [0.5, 0.6) is 5.75 Å². The third-order valence-electron chi connectivity index (χ3n) is 4.82. The lowest BCUT2D eigenvalue weighted by molar-refractivity contribution is 0.0691. The molecule has 0 aliphatic carbocycles. The van der Waals surface area contributed by atoms with Gasteiger partial charge in [-0.3, -0.25) is 4.79 Å². The smallest absolute Gasteiger partial charge is 0.345 e. The summed E-state index contributed by atoms with van der Waals surface area (Å²) in [5.41, 5.74) is 2.11. The van der Waals surface area contributed by atoms with Gasteiger partial charge in [0.05, 0.1) is 12.2 Å². The average Bonchev–Trinajstić information content (AvgIpc) is 2.96. The number of nitrogens with zero attached hydrogens (tertiary/aromatic N) is 1. The molecule has 4 N–H and O–H groups in total. The molecule has 2 heterocycles. The number of aromatic hydroxyl groups is 1. The van der Waals surface area contributed by atoms with Gasteiger partial charge in [0.2, 0.25) is 0 Å². The largest absolute Gasteiger partial charge is 0.506 e. The van der Waals surface area contributed by atoms with E-state index < -0.39 is 22.8 Å². The predicted molar refractivity (Wildman–Crippen MR) is 115 cm³/mol. The van der Waals surface area contributed by atoms with Crippen LogP contribution in [0.1, 0.15) is 28.5 Å². The highest BCUT2D eigenvalue weighted by molar-refractivity contribution is 5.92. The summed E-state index contributed by atoms with van der Waals surface area (Å²) in [5, 5.41) is 23.6. The molecule has 0 aliphatic rings. The van der Waals surface area contributed by atoms with E-state index in [-0.39, 0.29) is 12.4 Å². The zero-order valence-corrected chi connectivity index (χ0v) is 16.9. The number of pyridine rings is 1. The molecule has 8 heteroatoms. The zero-order valence-electron chi connectivity index (χ0n) is 16.1. The number of rotatable bonds is 6. The van der Waals surface area contributed by atoms with E-state index in [4.69, 9.17) is 6.42 Å². The Labute approximate surface area is 173 Å². The van der Waals surface area contributed by atoms with Crippen LogP contribution >= 0.6 is 12.4 Å². The van der Waals surface area contributed by atoms with Crippen molar-refractivity contribution in [3.63, 3.8) is 0 Å². The van der Waals surface area contributed by atoms with Gasteiger partial charge in [0.25, 0.3) is 5.56 Å². The molecule has 0 fully saturated rings. The lowest BCUT2D eigenvalue weighted by atomic mass is 9.99. The third-order valence-corrected chi connectivity index (χ3v) is 4.82. The van der Waals surface area contributed by atoms with Crippen LogP contribution in [0.4, 0.5) is 0 Å². The summed E-state index contributed by atoms with van der Waals surface area (Å²) in [6.45, 7) is 2.89. The number of carboxylic acid groups (broad SMARTS) is 1. The number of hydrogen-bond donors (Lipinski definition) is 4. The van der Waals surface area contributed by atoms with Gasteiger partial charge in [-0.2, -0.15) is 0 Å². The van der Waals surface area contributed by atoms with Crippen LogP contribution in [0.25, 0.3) is 22.2 Å². The maximum Gasteiger partial charge on any atom is 0.345 e. The fourth-order valence-electron chi connectivity index (χ4n) is 3.41. The molecule has 0 atom stereocenters. The van der Waals surface area contributed by atoms with Crippen molar-refractivity contribution < 1.29 is 15.0 Å². The topological polar surface area (TPSA) is 107 Å². The molecule has 0 saturated heterocycles. The van der Waals surface area contributed by atoms with Crippen molar-refractivity contribution in [1.82, 2.24) is 14.9 Å². The minimum Gasteiger partial charge on any atom is -0.506 e. The van der Waals surface area contributed by atoms with Gasteiger partial charge in [0.1, 0.15) is 5.75 Å². The number of aromatic nitrogens is 2. The summed E-state index contributed by atoms with van der Waals surface area (Å²) in [4.78, 5) is 26.1. The molecule has 0 saturated carbocycles. The quantitative estimate of drug-likeness (QED) is 0.365. The molecule has 3 rings (SSSR count). The van der Waals surface area contributed by atoms with Crippen molar-refractivity contribution in [2.45, 2.75) is 19.9 Å². The maximum absolute atomic E-state index is 12.2. The molecule has 1 aromatic carbocycles. The lowest BCUT2D eigenvalue weighted by Gasteiger charge is -2.12. The summed E-state index contributed by atoms with van der Waals surface area (Å²) in [6, 6.07) is 7.70. The van der Waals surface area contributed by atoms with E-state index >= 15 is 0 Å². The van der Waals surface area contributed by atoms with Gasteiger partial charge >= 0.3 is 5.97 Å². The summed E-state index contributed by atoms with van der Waals surface area (Å²) >= 11 is 0. The molecule has 0 spiro atoms. The Kier molecular flexibility index (Phi) is 6.75. The molecule has 0 radical (unpaired) electrons. The summed E-state index contributed by atoms with van der Waals surface area (Å²) in [5.74, 6) is 0.597. The first kappa shape index (κ1) is 22.1. The normalized spacial score (nSPS) is 10.5. The van der Waals surface area contributed by atoms with Gasteiger partial charge in [-0.1, -0.05) is 18.9 Å². The van der Waals surface area contributed by atoms with Crippen molar-refractivity contribution in [3.05, 3.63) is 51.4 Å². The lowest BCUT2D eigenvalue weighted by Crippen LogP contribution is -2.20. The first-order valence-electron chi connectivity index (χ1n) is 8.83. The molecule has 0 aliphatic heterocycles. The molecule has 7 nitrogen and oxygen atoms in total. The van der Waals surface area contributed by atoms with Gasteiger partial charge in [0.15, 0.2) is 5.56 Å². The Hall–Kier alpha value is -3.21. The Morgan fingerprint density at radius 2 is 2.07 bits per heavy atom. The molecular formula is C21H22ClN3O4. The molecule has 152 valence electrons. The molecule has 0 amide bonds. The third kappa shape index (κ3) is 3.99. The van der Waals surface area contributed by atoms with Crippen LogP contribution in [0.3, 0.4) is 0 Å². The van der Waals surface area contributed by atoms with Crippen molar-refractivity contribution in [2.24, 2.45) is 7.05 Å². The van der Waals surface area contributed by atoms with Gasteiger partial charge in [-0.25, -0.2) is 4.79 Å². The number of aromatic amines is 1. The monoisotopic (exact) mass is 415 g/mol. The first-order valence-corrected chi connectivity index (χ1v) is 8.83. The number of halogens is 1. The number of nitrogens with one attached hydrogen (secondary N) is 2. The van der Waals surface area contributed by atoms with Crippen molar-refractivity contribution in [3.8, 4) is 29.4 Å². The number of hydrogen-bond acceptors (Lipinski definition) is 4. The Morgan fingerprint density at radius 3 is 2.69 bits per heavy atom. The second-order valence-corrected chi connectivity index (χ2v) is 6.47. The molecule has 3 aromatic rings. The van der Waals surface area contributed by atoms with E-state index in [1.165, 1.54) is 0 Å². The number of H-pyrrole nitrogens is 1. The fourth-order valence-corrected chi connectivity index (χ4v) is 3.41. The van der Waals surface area contributed by atoms with Crippen LogP contribution in [-0.2, 0) is 20.0 Å². The fraction of sp³-hybridized carbons (Fsp3) is 0.238. The minimum atomic E-state index is -1.46. The molecule has 0 bridgehead atoms. The molecular weight excluding hydrogens is 394 g/mol. The standard InChI is InChI=1S/C21H21N3O4.ClH/c1-4-8-22-11-14-10-13-9-12(6-7-16(13)24(14)3)18-15(5-2)19(25)17(21(27)28)20(26)23-18;/h1,6-7,9-10,22H,5,8,11H2,2-3H3,(H,27,28)(H2,23,25,26);1H. The van der Waals surface area contributed by atoms with Crippen LogP contribution in [0.15, 0.2) is 29.1 Å². The second kappa shape index (κ2) is 8.86. The number of terminal acetylenes is 1. The van der Waals surface area contributed by atoms with Crippen molar-refractivity contribution in [1.29, 1.82) is 0 Å². The van der Waals surface area contributed by atoms with Gasteiger partial charge in [0, 0.05) is 35.8 Å². The summed E-state index contributed by atoms with van der Waals surface area (Å²) in [6.07, 6.45) is 5.63. The highest BCUT2D eigenvalue weighted by Gasteiger charge is 2.22. The zero-order chi connectivity index (χ0) is 20.4. The van der Waals surface area contributed by atoms with Crippen LogP contribution in [-0.4, -0.2) is 32.3 Å².